The molecule has 0 aliphatic rings. The van der Waals surface area contributed by atoms with Gasteiger partial charge in [-0.2, -0.15) is 0 Å². The van der Waals surface area contributed by atoms with Crippen molar-refractivity contribution in [3.63, 3.8) is 0 Å². The van der Waals surface area contributed by atoms with Crippen LogP contribution < -0.4 is 0 Å². The van der Waals surface area contributed by atoms with Gasteiger partial charge in [-0.05, 0) is 28.4 Å². The zero-order chi connectivity index (χ0) is 11.5. The molecule has 1 aromatic heterocycles. The predicted octanol–water partition coefficient (Wildman–Crippen LogP) is 3.80. The van der Waals surface area contributed by atoms with E-state index >= 15 is 0 Å². The molecule has 2 aromatic rings. The van der Waals surface area contributed by atoms with Crippen molar-refractivity contribution < 1.29 is 0 Å². The molecule has 0 bridgehead atoms. The third-order valence-corrected chi connectivity index (χ3v) is 3.83. The number of hydrogen-bond donors (Lipinski definition) is 1. The molecule has 0 fully saturated rings. The molecule has 0 spiro atoms. The quantitative estimate of drug-likeness (QED) is 0.854. The molecule has 16 heavy (non-hydrogen) atoms. The van der Waals surface area contributed by atoms with Gasteiger partial charge in [-0.15, -0.1) is 0 Å². The Morgan fingerprint density at radius 1 is 1.31 bits per heavy atom. The van der Waals surface area contributed by atoms with E-state index < -0.39 is 0 Å². The number of nitrogens with zero attached hydrogens (tertiary/aromatic N) is 1. The van der Waals surface area contributed by atoms with Crippen LogP contribution in [0.1, 0.15) is 17.1 Å². The van der Waals surface area contributed by atoms with Gasteiger partial charge in [0.2, 0.25) is 0 Å². The monoisotopic (exact) mass is 294 g/mol. The summed E-state index contributed by atoms with van der Waals surface area (Å²) in [6, 6.07) is 10.2. The maximum Gasteiger partial charge on any atom is 0.144 e. The number of halogens is 1. The van der Waals surface area contributed by atoms with E-state index in [0.29, 0.717) is 4.64 Å². The first-order chi connectivity index (χ1) is 7.66. The lowest BCUT2D eigenvalue weighted by molar-refractivity contribution is 0.926. The molecule has 0 amide bonds. The van der Waals surface area contributed by atoms with E-state index in [0.717, 1.165) is 22.4 Å². The van der Waals surface area contributed by atoms with Gasteiger partial charge in [-0.1, -0.05) is 42.5 Å². The van der Waals surface area contributed by atoms with E-state index in [2.05, 4.69) is 38.0 Å². The van der Waals surface area contributed by atoms with Crippen molar-refractivity contribution in [2.45, 2.75) is 13.3 Å². The van der Waals surface area contributed by atoms with E-state index in [-0.39, 0.29) is 0 Å². The number of H-pyrrole nitrogens is 1. The van der Waals surface area contributed by atoms with Crippen molar-refractivity contribution in [1.29, 1.82) is 0 Å². The average Bonchev–Trinajstić information content (AvgIpc) is 2.27. The summed E-state index contributed by atoms with van der Waals surface area (Å²) in [5.41, 5.74) is 2.24. The maximum atomic E-state index is 5.17. The fourth-order valence-electron chi connectivity index (χ4n) is 1.50. The van der Waals surface area contributed by atoms with Crippen molar-refractivity contribution in [3.05, 3.63) is 56.5 Å². The zero-order valence-electron chi connectivity index (χ0n) is 8.83. The molecule has 0 saturated heterocycles. The topological polar surface area (TPSA) is 28.7 Å². The minimum atomic E-state index is 0.613. The molecule has 1 aromatic carbocycles. The van der Waals surface area contributed by atoms with Crippen molar-refractivity contribution in [1.82, 2.24) is 9.97 Å². The highest BCUT2D eigenvalue weighted by Crippen LogP contribution is 2.15. The second-order valence-electron chi connectivity index (χ2n) is 3.59. The van der Waals surface area contributed by atoms with E-state index in [4.69, 9.17) is 12.2 Å². The van der Waals surface area contributed by atoms with E-state index in [1.807, 2.05) is 25.1 Å². The van der Waals surface area contributed by atoms with Crippen LogP contribution in [0.4, 0.5) is 0 Å². The van der Waals surface area contributed by atoms with Gasteiger partial charge in [-0.3, -0.25) is 0 Å². The molecule has 0 saturated carbocycles. The normalized spacial score (nSPS) is 10.4. The molecular weight excluding hydrogens is 284 g/mol. The van der Waals surface area contributed by atoms with Crippen molar-refractivity contribution in [3.8, 4) is 0 Å². The van der Waals surface area contributed by atoms with Crippen LogP contribution in [0.15, 0.2) is 34.8 Å². The smallest absolute Gasteiger partial charge is 0.144 e. The number of aromatic amines is 1. The van der Waals surface area contributed by atoms with Gasteiger partial charge in [0, 0.05) is 12.1 Å². The van der Waals surface area contributed by atoms with Crippen molar-refractivity contribution in [2.75, 3.05) is 0 Å². The van der Waals surface area contributed by atoms with Gasteiger partial charge in [-0.25, -0.2) is 4.98 Å². The summed E-state index contributed by atoms with van der Waals surface area (Å²) in [6.07, 6.45) is 0.776. The van der Waals surface area contributed by atoms with Gasteiger partial charge < -0.3 is 4.98 Å². The van der Waals surface area contributed by atoms with Gasteiger partial charge >= 0.3 is 0 Å². The summed E-state index contributed by atoms with van der Waals surface area (Å²) >= 11 is 8.57. The van der Waals surface area contributed by atoms with Crippen molar-refractivity contribution in [2.24, 2.45) is 0 Å². The lowest BCUT2D eigenvalue weighted by Gasteiger charge is -2.04. The first-order valence-corrected chi connectivity index (χ1v) is 6.16. The Hall–Kier alpha value is -1.00. The third-order valence-electron chi connectivity index (χ3n) is 2.30. The summed E-state index contributed by atoms with van der Waals surface area (Å²) in [7, 11) is 0. The summed E-state index contributed by atoms with van der Waals surface area (Å²) in [5.74, 6) is 0.900. The molecule has 2 rings (SSSR count). The molecule has 0 aliphatic carbocycles. The minimum absolute atomic E-state index is 0.613. The molecule has 0 atom stereocenters. The minimum Gasteiger partial charge on any atom is -0.346 e. The first kappa shape index (κ1) is 11.5. The Kier molecular flexibility index (Phi) is 3.51. The Morgan fingerprint density at radius 3 is 2.62 bits per heavy atom. The van der Waals surface area contributed by atoms with E-state index in [1.54, 1.807) is 0 Å². The van der Waals surface area contributed by atoms with E-state index in [9.17, 15) is 0 Å². The standard InChI is InChI=1S/C12H11BrN2S/c1-8-11(13)12(16)15-10(14-8)7-9-5-3-2-4-6-9/h2-6H,7H2,1H3,(H,14,15,16). The molecule has 0 unspecified atom stereocenters. The molecule has 0 radical (unpaired) electrons. The van der Waals surface area contributed by atoms with E-state index in [1.165, 1.54) is 5.56 Å². The molecule has 1 heterocycles. The summed E-state index contributed by atoms with van der Waals surface area (Å²) in [5, 5.41) is 0. The lowest BCUT2D eigenvalue weighted by atomic mass is 10.1. The zero-order valence-corrected chi connectivity index (χ0v) is 11.2. The number of aryl methyl sites for hydroxylation is 1. The summed E-state index contributed by atoms with van der Waals surface area (Å²) in [4.78, 5) is 7.58. The van der Waals surface area contributed by atoms with Crippen molar-refractivity contribution >= 4 is 28.1 Å². The first-order valence-electron chi connectivity index (χ1n) is 4.96. The fourth-order valence-corrected chi connectivity index (χ4v) is 1.96. The Balaban J connectivity index is 2.33. The predicted molar refractivity (Wildman–Crippen MR) is 71.1 cm³/mol. The van der Waals surface area contributed by atoms with Gasteiger partial charge in [0.15, 0.2) is 0 Å². The number of benzene rings is 1. The lowest BCUT2D eigenvalue weighted by Crippen LogP contribution is -1.99. The number of rotatable bonds is 2. The molecule has 82 valence electrons. The Bertz CT molecular complexity index is 549. The maximum absolute atomic E-state index is 5.17. The van der Waals surface area contributed by atoms with Crippen LogP contribution in [-0.2, 0) is 6.42 Å². The Labute approximate surface area is 108 Å². The SMILES string of the molecule is Cc1[nH]c(Cc2ccccc2)nc(=S)c1Br. The molecule has 4 heteroatoms. The highest BCUT2D eigenvalue weighted by Gasteiger charge is 2.03. The van der Waals surface area contributed by atoms with Crippen LogP contribution in [-0.4, -0.2) is 9.97 Å². The van der Waals surface area contributed by atoms with Gasteiger partial charge in [0.25, 0.3) is 0 Å². The molecule has 2 nitrogen and oxygen atoms in total. The van der Waals surface area contributed by atoms with Gasteiger partial charge in [0.05, 0.1) is 4.47 Å². The largest absolute Gasteiger partial charge is 0.346 e. The second kappa shape index (κ2) is 4.89. The van der Waals surface area contributed by atoms with Crippen LogP contribution in [0, 0.1) is 11.6 Å². The van der Waals surface area contributed by atoms with Crippen LogP contribution in [0.2, 0.25) is 0 Å². The number of aromatic nitrogens is 2. The van der Waals surface area contributed by atoms with Crippen LogP contribution in [0.5, 0.6) is 0 Å². The fraction of sp³-hybridized carbons (Fsp3) is 0.167. The summed E-state index contributed by atoms with van der Waals surface area (Å²) in [6.45, 7) is 1.98. The number of hydrogen-bond acceptors (Lipinski definition) is 2. The Morgan fingerprint density at radius 2 is 2.00 bits per heavy atom. The highest BCUT2D eigenvalue weighted by atomic mass is 79.9. The molecule has 1 N–H and O–H groups in total. The van der Waals surface area contributed by atoms with Crippen LogP contribution in [0.3, 0.4) is 0 Å². The van der Waals surface area contributed by atoms with Crippen LogP contribution in [0.25, 0.3) is 0 Å². The number of nitrogens with one attached hydrogen (secondary N) is 1. The third kappa shape index (κ3) is 2.57. The second-order valence-corrected chi connectivity index (χ2v) is 4.77. The summed E-state index contributed by atoms with van der Waals surface area (Å²) < 4.78 is 1.49. The molecule has 0 aliphatic heterocycles. The van der Waals surface area contributed by atoms with Gasteiger partial charge in [0.1, 0.15) is 10.5 Å². The average molecular weight is 295 g/mol. The van der Waals surface area contributed by atoms with Crippen LogP contribution >= 0.6 is 28.1 Å². The molecular formula is C12H11BrN2S. The highest BCUT2D eigenvalue weighted by molar-refractivity contribution is 9.10.